The fourth-order valence-electron chi connectivity index (χ4n) is 4.19. The van der Waals surface area contributed by atoms with Crippen molar-refractivity contribution in [3.05, 3.63) is 72.3 Å². The van der Waals surface area contributed by atoms with Crippen LogP contribution in [0.1, 0.15) is 5.56 Å². The minimum atomic E-state index is -0.299. The number of nitriles is 1. The highest BCUT2D eigenvalue weighted by Crippen LogP contribution is 2.43. The predicted molar refractivity (Wildman–Crippen MR) is 158 cm³/mol. The number of aromatic nitrogens is 1. The summed E-state index contributed by atoms with van der Waals surface area (Å²) >= 11 is 1.16. The van der Waals surface area contributed by atoms with Crippen molar-refractivity contribution in [2.75, 3.05) is 46.6 Å². The Bertz CT molecular complexity index is 1560. The van der Waals surface area contributed by atoms with E-state index >= 15 is 0 Å². The molecule has 0 aliphatic carbocycles. The zero-order valence-electron chi connectivity index (χ0n) is 23.3. The molecule has 210 valence electrons. The zero-order valence-corrected chi connectivity index (χ0v) is 24.1. The van der Waals surface area contributed by atoms with Crippen molar-refractivity contribution in [3.8, 4) is 57.2 Å². The maximum absolute atomic E-state index is 13.0. The van der Waals surface area contributed by atoms with Gasteiger partial charge in [0.15, 0.2) is 11.5 Å². The molecule has 0 saturated heterocycles. The van der Waals surface area contributed by atoms with E-state index in [-0.39, 0.29) is 11.7 Å². The Labute approximate surface area is 243 Å². The third kappa shape index (κ3) is 6.48. The number of carbonyl (C=O) groups is 1. The lowest BCUT2D eigenvalue weighted by Crippen LogP contribution is -2.15. The van der Waals surface area contributed by atoms with Gasteiger partial charge in [0.1, 0.15) is 22.6 Å². The van der Waals surface area contributed by atoms with E-state index in [9.17, 15) is 10.1 Å². The number of carbonyl (C=O) groups excluding carboxylic acids is 1. The number of methoxy groups -OCH3 is 5. The second-order valence-electron chi connectivity index (χ2n) is 8.53. The normalized spacial score (nSPS) is 10.3. The van der Waals surface area contributed by atoms with E-state index in [0.717, 1.165) is 17.3 Å². The number of anilines is 1. The van der Waals surface area contributed by atoms with E-state index in [4.69, 9.17) is 28.7 Å². The van der Waals surface area contributed by atoms with E-state index in [1.807, 2.05) is 36.4 Å². The van der Waals surface area contributed by atoms with Crippen LogP contribution in [0.3, 0.4) is 0 Å². The SMILES string of the molecule is COc1ccc(OC)c(NC(=O)CSc2nc(-c3ccccc3)cc(-c3cc(OC)c(OC)c(OC)c3)c2C#N)c1. The van der Waals surface area contributed by atoms with Crippen LogP contribution in [0, 0.1) is 11.3 Å². The fraction of sp³-hybridized carbons (Fsp3) is 0.194. The van der Waals surface area contributed by atoms with E-state index in [2.05, 4.69) is 11.4 Å². The maximum atomic E-state index is 13.0. The fourth-order valence-corrected chi connectivity index (χ4v) is 4.99. The number of ether oxygens (including phenoxy) is 5. The van der Waals surface area contributed by atoms with Gasteiger partial charge in [-0.05, 0) is 35.9 Å². The molecule has 3 aromatic carbocycles. The Morgan fingerprint density at radius 3 is 2.10 bits per heavy atom. The quantitative estimate of drug-likeness (QED) is 0.215. The third-order valence-corrected chi connectivity index (χ3v) is 7.14. The van der Waals surface area contributed by atoms with Crippen LogP contribution in [0.15, 0.2) is 71.8 Å². The van der Waals surface area contributed by atoms with Crippen LogP contribution in [-0.4, -0.2) is 52.2 Å². The highest BCUT2D eigenvalue weighted by Gasteiger charge is 2.21. The van der Waals surface area contributed by atoms with Crippen LogP contribution >= 0.6 is 11.8 Å². The molecule has 0 aliphatic rings. The maximum Gasteiger partial charge on any atom is 0.234 e. The number of nitrogens with one attached hydrogen (secondary N) is 1. The lowest BCUT2D eigenvalue weighted by Gasteiger charge is -2.17. The molecule has 9 nitrogen and oxygen atoms in total. The van der Waals surface area contributed by atoms with Gasteiger partial charge < -0.3 is 29.0 Å². The summed E-state index contributed by atoms with van der Waals surface area (Å²) in [6.45, 7) is 0. The monoisotopic (exact) mass is 571 g/mol. The highest BCUT2D eigenvalue weighted by atomic mass is 32.2. The number of pyridine rings is 1. The van der Waals surface area contributed by atoms with E-state index in [1.54, 1.807) is 37.4 Å². The molecule has 4 rings (SSSR count). The Kier molecular flexibility index (Phi) is 9.55. The molecular weight excluding hydrogens is 542 g/mol. The van der Waals surface area contributed by atoms with Crippen LogP contribution in [0.4, 0.5) is 5.69 Å². The minimum absolute atomic E-state index is 0.00498. The molecule has 0 radical (unpaired) electrons. The second-order valence-corrected chi connectivity index (χ2v) is 9.49. The number of amides is 1. The molecule has 1 N–H and O–H groups in total. The Morgan fingerprint density at radius 2 is 1.51 bits per heavy atom. The van der Waals surface area contributed by atoms with Crippen molar-refractivity contribution in [1.82, 2.24) is 4.98 Å². The molecular formula is C31H29N3O6S. The topological polar surface area (TPSA) is 112 Å². The van der Waals surface area contributed by atoms with Gasteiger partial charge in [-0.25, -0.2) is 4.98 Å². The van der Waals surface area contributed by atoms with Crippen molar-refractivity contribution in [1.29, 1.82) is 5.26 Å². The van der Waals surface area contributed by atoms with Gasteiger partial charge in [-0.1, -0.05) is 42.1 Å². The largest absolute Gasteiger partial charge is 0.497 e. The lowest BCUT2D eigenvalue weighted by molar-refractivity contribution is -0.113. The number of rotatable bonds is 11. The van der Waals surface area contributed by atoms with E-state index in [0.29, 0.717) is 61.8 Å². The summed E-state index contributed by atoms with van der Waals surface area (Å²) in [4.78, 5) is 17.8. The molecule has 1 heterocycles. The van der Waals surface area contributed by atoms with E-state index in [1.165, 1.54) is 28.4 Å². The average Bonchev–Trinajstić information content (AvgIpc) is 3.02. The zero-order chi connectivity index (χ0) is 29.4. The van der Waals surface area contributed by atoms with Gasteiger partial charge in [-0.2, -0.15) is 5.26 Å². The Morgan fingerprint density at radius 1 is 0.829 bits per heavy atom. The molecule has 10 heteroatoms. The standard InChI is InChI=1S/C31H29N3O6S/c1-36-21-11-12-26(37-2)25(15-21)33-29(35)18-41-31-23(17-32)22(16-24(34-31)19-9-7-6-8-10-19)20-13-27(38-3)30(40-5)28(14-20)39-4/h6-16H,18H2,1-5H3,(H,33,35). The van der Waals surface area contributed by atoms with Gasteiger partial charge in [0.25, 0.3) is 0 Å². The van der Waals surface area contributed by atoms with Crippen molar-refractivity contribution in [2.24, 2.45) is 0 Å². The molecule has 0 fully saturated rings. The first-order valence-electron chi connectivity index (χ1n) is 12.4. The van der Waals surface area contributed by atoms with Crippen LogP contribution in [0.5, 0.6) is 28.7 Å². The Hall–Kier alpha value is -4.88. The number of benzene rings is 3. The molecule has 0 saturated carbocycles. The summed E-state index contributed by atoms with van der Waals surface area (Å²) < 4.78 is 27.2. The molecule has 0 atom stereocenters. The smallest absolute Gasteiger partial charge is 0.234 e. The van der Waals surface area contributed by atoms with Gasteiger partial charge in [0.2, 0.25) is 11.7 Å². The number of nitrogens with zero attached hydrogens (tertiary/aromatic N) is 2. The number of thioether (sulfide) groups is 1. The first-order chi connectivity index (χ1) is 20.0. The number of hydrogen-bond donors (Lipinski definition) is 1. The second kappa shape index (κ2) is 13.5. The van der Waals surface area contributed by atoms with Crippen molar-refractivity contribution >= 4 is 23.4 Å². The summed E-state index contributed by atoms with van der Waals surface area (Å²) in [5.74, 6) is 2.10. The summed E-state index contributed by atoms with van der Waals surface area (Å²) in [5.41, 5.74) is 3.57. The van der Waals surface area contributed by atoms with Gasteiger partial charge in [0, 0.05) is 17.2 Å². The lowest BCUT2D eigenvalue weighted by atomic mass is 9.98. The molecule has 0 unspecified atom stereocenters. The Balaban J connectivity index is 1.76. The van der Waals surface area contributed by atoms with Crippen molar-refractivity contribution in [2.45, 2.75) is 5.03 Å². The van der Waals surface area contributed by atoms with Crippen molar-refractivity contribution < 1.29 is 28.5 Å². The summed E-state index contributed by atoms with van der Waals surface area (Å²) in [5, 5.41) is 13.5. The first-order valence-corrected chi connectivity index (χ1v) is 13.4. The summed E-state index contributed by atoms with van der Waals surface area (Å²) in [6, 6.07) is 22.4. The van der Waals surface area contributed by atoms with Gasteiger partial charge in [-0.15, -0.1) is 0 Å². The van der Waals surface area contributed by atoms with Crippen molar-refractivity contribution in [3.63, 3.8) is 0 Å². The summed E-state index contributed by atoms with van der Waals surface area (Å²) in [6.07, 6.45) is 0. The van der Waals surface area contributed by atoms with Gasteiger partial charge in [-0.3, -0.25) is 4.79 Å². The molecule has 0 spiro atoms. The van der Waals surface area contributed by atoms with Crippen LogP contribution in [0.2, 0.25) is 0 Å². The molecule has 1 amide bonds. The van der Waals surface area contributed by atoms with Crippen LogP contribution in [-0.2, 0) is 4.79 Å². The molecule has 4 aromatic rings. The van der Waals surface area contributed by atoms with Crippen LogP contribution in [0.25, 0.3) is 22.4 Å². The van der Waals surface area contributed by atoms with E-state index < -0.39 is 0 Å². The molecule has 41 heavy (non-hydrogen) atoms. The first kappa shape index (κ1) is 29.1. The highest BCUT2D eigenvalue weighted by molar-refractivity contribution is 8.00. The van der Waals surface area contributed by atoms with Crippen LogP contribution < -0.4 is 29.0 Å². The molecule has 1 aromatic heterocycles. The molecule has 0 aliphatic heterocycles. The third-order valence-electron chi connectivity index (χ3n) is 6.16. The minimum Gasteiger partial charge on any atom is -0.497 e. The summed E-state index contributed by atoms with van der Waals surface area (Å²) in [7, 11) is 7.66. The molecule has 0 bridgehead atoms. The van der Waals surface area contributed by atoms with Gasteiger partial charge >= 0.3 is 0 Å². The predicted octanol–water partition coefficient (Wildman–Crippen LogP) is 6.06. The number of hydrogen-bond acceptors (Lipinski definition) is 9. The van der Waals surface area contributed by atoms with Gasteiger partial charge in [0.05, 0.1) is 58.2 Å². The average molecular weight is 572 g/mol.